The van der Waals surface area contributed by atoms with Crippen molar-refractivity contribution in [2.24, 2.45) is 0 Å². The molecule has 104 valence electrons. The van der Waals surface area contributed by atoms with Crippen molar-refractivity contribution in [2.75, 3.05) is 13.1 Å². The number of amides is 1. The van der Waals surface area contributed by atoms with Crippen LogP contribution in [0, 0.1) is 0 Å². The first-order chi connectivity index (χ1) is 9.06. The van der Waals surface area contributed by atoms with E-state index in [-0.39, 0.29) is 12.5 Å². The van der Waals surface area contributed by atoms with Crippen LogP contribution in [0.5, 0.6) is 0 Å². The van der Waals surface area contributed by atoms with Gasteiger partial charge in [-0.25, -0.2) is 0 Å². The lowest BCUT2D eigenvalue weighted by molar-refractivity contribution is -0.139. The van der Waals surface area contributed by atoms with E-state index in [0.717, 1.165) is 5.56 Å². The summed E-state index contributed by atoms with van der Waals surface area (Å²) < 4.78 is 0. The van der Waals surface area contributed by atoms with E-state index in [1.807, 2.05) is 13.0 Å². The maximum atomic E-state index is 11.5. The van der Waals surface area contributed by atoms with Crippen LogP contribution in [-0.2, 0) is 9.59 Å². The Morgan fingerprint density at radius 2 is 1.89 bits per heavy atom. The first-order valence-corrected chi connectivity index (χ1v) is 6.35. The average molecular weight is 264 g/mol. The quantitative estimate of drug-likeness (QED) is 0.685. The first kappa shape index (κ1) is 15.2. The van der Waals surface area contributed by atoms with Crippen molar-refractivity contribution in [1.82, 2.24) is 10.6 Å². The van der Waals surface area contributed by atoms with Gasteiger partial charge in [0.05, 0.1) is 12.0 Å². The number of carboxylic acid groups (broad SMARTS) is 1. The number of carbonyl (C=O) groups excluding carboxylic acids is 1. The third-order valence-electron chi connectivity index (χ3n) is 2.87. The zero-order chi connectivity index (χ0) is 14.3. The van der Waals surface area contributed by atoms with E-state index in [2.05, 4.69) is 10.6 Å². The number of rotatable bonds is 7. The molecule has 0 radical (unpaired) electrons. The van der Waals surface area contributed by atoms with E-state index in [0.29, 0.717) is 6.54 Å². The molecule has 0 aliphatic carbocycles. The Bertz CT molecular complexity index is 420. The van der Waals surface area contributed by atoms with Crippen LogP contribution in [0.3, 0.4) is 0 Å². The molecule has 2 unspecified atom stereocenters. The molecule has 1 rings (SSSR count). The SMILES string of the molecule is CCNC(=O)C(C)NCC(C(=O)O)c1ccccc1. The third-order valence-corrected chi connectivity index (χ3v) is 2.87. The number of hydrogen-bond donors (Lipinski definition) is 3. The molecule has 0 saturated heterocycles. The molecule has 0 heterocycles. The molecule has 3 N–H and O–H groups in total. The molecule has 0 spiro atoms. The van der Waals surface area contributed by atoms with Gasteiger partial charge in [-0.3, -0.25) is 9.59 Å². The Morgan fingerprint density at radius 3 is 2.42 bits per heavy atom. The van der Waals surface area contributed by atoms with Crippen LogP contribution >= 0.6 is 0 Å². The Kier molecular flexibility index (Phi) is 6.02. The van der Waals surface area contributed by atoms with Crippen LogP contribution in [0.2, 0.25) is 0 Å². The Balaban J connectivity index is 2.61. The first-order valence-electron chi connectivity index (χ1n) is 6.35. The summed E-state index contributed by atoms with van der Waals surface area (Å²) in [5.41, 5.74) is 0.727. The maximum Gasteiger partial charge on any atom is 0.312 e. The minimum Gasteiger partial charge on any atom is -0.481 e. The van der Waals surface area contributed by atoms with Gasteiger partial charge in [-0.2, -0.15) is 0 Å². The maximum absolute atomic E-state index is 11.5. The van der Waals surface area contributed by atoms with Crippen LogP contribution in [0.1, 0.15) is 25.3 Å². The number of aliphatic carboxylic acids is 1. The third kappa shape index (κ3) is 4.71. The minimum atomic E-state index is -0.901. The van der Waals surface area contributed by atoms with Crippen molar-refractivity contribution in [3.8, 4) is 0 Å². The molecular weight excluding hydrogens is 244 g/mol. The molecule has 1 amide bonds. The van der Waals surface area contributed by atoms with E-state index >= 15 is 0 Å². The highest BCUT2D eigenvalue weighted by Gasteiger charge is 2.21. The van der Waals surface area contributed by atoms with Crippen LogP contribution in [0.25, 0.3) is 0 Å². The lowest BCUT2D eigenvalue weighted by atomic mass is 9.99. The second-order valence-electron chi connectivity index (χ2n) is 4.33. The van der Waals surface area contributed by atoms with Gasteiger partial charge in [-0.05, 0) is 19.4 Å². The second-order valence-corrected chi connectivity index (χ2v) is 4.33. The number of carboxylic acids is 1. The van der Waals surface area contributed by atoms with Gasteiger partial charge in [-0.15, -0.1) is 0 Å². The predicted molar refractivity (Wildman–Crippen MR) is 73.0 cm³/mol. The topological polar surface area (TPSA) is 78.4 Å². The molecule has 5 nitrogen and oxygen atoms in total. The Hall–Kier alpha value is -1.88. The zero-order valence-corrected chi connectivity index (χ0v) is 11.2. The van der Waals surface area contributed by atoms with Gasteiger partial charge in [0.1, 0.15) is 0 Å². The summed E-state index contributed by atoms with van der Waals surface area (Å²) in [6.07, 6.45) is 0. The molecule has 1 aromatic carbocycles. The van der Waals surface area contributed by atoms with Crippen LogP contribution in [0.15, 0.2) is 30.3 Å². The molecule has 0 fully saturated rings. The summed E-state index contributed by atoms with van der Waals surface area (Å²) >= 11 is 0. The fourth-order valence-electron chi connectivity index (χ4n) is 1.75. The second kappa shape index (κ2) is 7.53. The fraction of sp³-hybridized carbons (Fsp3) is 0.429. The van der Waals surface area contributed by atoms with E-state index in [1.54, 1.807) is 31.2 Å². The standard InChI is InChI=1S/C14H20N2O3/c1-3-15-13(17)10(2)16-9-12(14(18)19)11-7-5-4-6-8-11/h4-8,10,12,16H,3,9H2,1-2H3,(H,15,17)(H,18,19). The monoisotopic (exact) mass is 264 g/mol. The molecular formula is C14H20N2O3. The van der Waals surface area contributed by atoms with E-state index in [4.69, 9.17) is 0 Å². The molecule has 19 heavy (non-hydrogen) atoms. The predicted octanol–water partition coefficient (Wildman–Crippen LogP) is 0.969. The summed E-state index contributed by atoms with van der Waals surface area (Å²) in [6.45, 7) is 4.34. The van der Waals surface area contributed by atoms with Crippen LogP contribution in [0.4, 0.5) is 0 Å². The van der Waals surface area contributed by atoms with E-state index in [1.165, 1.54) is 0 Å². The van der Waals surface area contributed by atoms with Crippen LogP contribution in [-0.4, -0.2) is 36.1 Å². The number of hydrogen-bond acceptors (Lipinski definition) is 3. The van der Waals surface area contributed by atoms with Crippen molar-refractivity contribution >= 4 is 11.9 Å². The highest BCUT2D eigenvalue weighted by molar-refractivity contribution is 5.81. The molecule has 2 atom stereocenters. The molecule has 0 bridgehead atoms. The highest BCUT2D eigenvalue weighted by Crippen LogP contribution is 2.14. The molecule has 0 aromatic heterocycles. The molecule has 1 aromatic rings. The van der Waals surface area contributed by atoms with Crippen molar-refractivity contribution in [3.63, 3.8) is 0 Å². The van der Waals surface area contributed by atoms with Gasteiger partial charge >= 0.3 is 5.97 Å². The summed E-state index contributed by atoms with van der Waals surface area (Å²) in [6, 6.07) is 8.59. The van der Waals surface area contributed by atoms with Crippen LogP contribution < -0.4 is 10.6 Å². The fourth-order valence-corrected chi connectivity index (χ4v) is 1.75. The van der Waals surface area contributed by atoms with Gasteiger partial charge in [0.25, 0.3) is 0 Å². The zero-order valence-electron chi connectivity index (χ0n) is 11.2. The smallest absolute Gasteiger partial charge is 0.312 e. The summed E-state index contributed by atoms with van der Waals surface area (Å²) in [7, 11) is 0. The molecule has 0 saturated carbocycles. The average Bonchev–Trinajstić information content (AvgIpc) is 2.39. The molecule has 0 aliphatic heterocycles. The van der Waals surface area contributed by atoms with E-state index in [9.17, 15) is 14.7 Å². The Morgan fingerprint density at radius 1 is 1.26 bits per heavy atom. The van der Waals surface area contributed by atoms with Gasteiger partial charge in [0, 0.05) is 13.1 Å². The van der Waals surface area contributed by atoms with Gasteiger partial charge in [-0.1, -0.05) is 30.3 Å². The van der Waals surface area contributed by atoms with Crippen molar-refractivity contribution in [3.05, 3.63) is 35.9 Å². The molecule has 0 aliphatic rings. The van der Waals surface area contributed by atoms with Crippen molar-refractivity contribution in [2.45, 2.75) is 25.8 Å². The lowest BCUT2D eigenvalue weighted by Crippen LogP contribution is -2.44. The van der Waals surface area contributed by atoms with Gasteiger partial charge < -0.3 is 15.7 Å². The molecule has 5 heteroatoms. The largest absolute Gasteiger partial charge is 0.481 e. The number of nitrogens with one attached hydrogen (secondary N) is 2. The van der Waals surface area contributed by atoms with E-state index < -0.39 is 17.9 Å². The van der Waals surface area contributed by atoms with Crippen molar-refractivity contribution < 1.29 is 14.7 Å². The van der Waals surface area contributed by atoms with Crippen molar-refractivity contribution in [1.29, 1.82) is 0 Å². The Labute approximate surface area is 113 Å². The number of likely N-dealkylation sites (N-methyl/N-ethyl adjacent to an activating group) is 1. The number of benzene rings is 1. The lowest BCUT2D eigenvalue weighted by Gasteiger charge is -2.17. The summed E-state index contributed by atoms with van der Waals surface area (Å²) in [5.74, 6) is -1.68. The highest BCUT2D eigenvalue weighted by atomic mass is 16.4. The minimum absolute atomic E-state index is 0.125. The van der Waals surface area contributed by atoms with Gasteiger partial charge in [0.15, 0.2) is 0 Å². The van der Waals surface area contributed by atoms with Gasteiger partial charge in [0.2, 0.25) is 5.91 Å². The normalized spacial score (nSPS) is 13.6. The number of carbonyl (C=O) groups is 2. The summed E-state index contributed by atoms with van der Waals surface area (Å²) in [4.78, 5) is 22.8. The summed E-state index contributed by atoms with van der Waals surface area (Å²) in [5, 5.41) is 14.9.